The Morgan fingerprint density at radius 2 is 1.42 bits per heavy atom. The number of carbonyl (C=O) groups is 2. The van der Waals surface area contributed by atoms with Crippen molar-refractivity contribution in [1.29, 1.82) is 0 Å². The van der Waals surface area contributed by atoms with Crippen LogP contribution in [0.5, 0.6) is 0 Å². The van der Waals surface area contributed by atoms with Gasteiger partial charge in [0.15, 0.2) is 0 Å². The quantitative estimate of drug-likeness (QED) is 0.272. The molecule has 0 aliphatic carbocycles. The molecule has 0 heterocycles. The van der Waals surface area contributed by atoms with E-state index in [0.29, 0.717) is 12.0 Å². The van der Waals surface area contributed by atoms with E-state index in [1.54, 1.807) is 36.7 Å². The van der Waals surface area contributed by atoms with Crippen molar-refractivity contribution < 1.29 is 32.7 Å². The third-order valence-corrected chi connectivity index (χ3v) is 5.28. The molecule has 4 N–H and O–H groups in total. The summed E-state index contributed by atoms with van der Waals surface area (Å²) in [5.41, 5.74) is 4.18. The van der Waals surface area contributed by atoms with Gasteiger partial charge in [0.2, 0.25) is 0 Å². The first-order valence-corrected chi connectivity index (χ1v) is 11.6. The molecule has 198 valence electrons. The van der Waals surface area contributed by atoms with Crippen LogP contribution in [0.3, 0.4) is 0 Å². The van der Waals surface area contributed by atoms with Crippen molar-refractivity contribution in [2.24, 2.45) is 0 Å². The average molecular weight is 510 g/mol. The van der Waals surface area contributed by atoms with Gasteiger partial charge in [-0.2, -0.15) is 13.2 Å². The maximum Gasteiger partial charge on any atom is 0.401 e. The molecule has 2 aromatic carbocycles. The third kappa shape index (κ3) is 10.3. The Hall–Kier alpha value is -2.95. The lowest BCUT2D eigenvalue weighted by Gasteiger charge is -2.30. The van der Waals surface area contributed by atoms with Crippen molar-refractivity contribution in [3.05, 3.63) is 70.8 Å². The van der Waals surface area contributed by atoms with Crippen LogP contribution in [-0.2, 0) is 28.9 Å². The van der Waals surface area contributed by atoms with E-state index in [-0.39, 0.29) is 6.54 Å². The van der Waals surface area contributed by atoms with Gasteiger partial charge in [-0.05, 0) is 69.4 Å². The van der Waals surface area contributed by atoms with E-state index in [1.807, 2.05) is 45.0 Å². The Morgan fingerprint density at radius 3 is 1.89 bits per heavy atom. The summed E-state index contributed by atoms with van der Waals surface area (Å²) < 4.78 is 42.4. The zero-order valence-corrected chi connectivity index (χ0v) is 20.9. The molecule has 0 spiro atoms. The van der Waals surface area contributed by atoms with E-state index in [4.69, 9.17) is 9.94 Å². The Kier molecular flexibility index (Phi) is 10.4. The highest BCUT2D eigenvalue weighted by Gasteiger charge is 2.31. The summed E-state index contributed by atoms with van der Waals surface area (Å²) in [6, 6.07) is 13.2. The number of aryl methyl sites for hydroxylation is 2. The number of hydrogen-bond donors (Lipinski definition) is 4. The summed E-state index contributed by atoms with van der Waals surface area (Å²) >= 11 is 0. The van der Waals surface area contributed by atoms with Crippen LogP contribution < -0.4 is 16.1 Å². The number of amides is 2. The fraction of sp³-hybridized carbons (Fsp3) is 0.462. The van der Waals surface area contributed by atoms with Crippen LogP contribution in [0.1, 0.15) is 54.7 Å². The minimum atomic E-state index is -4.23. The molecule has 0 fully saturated rings. The highest BCUT2D eigenvalue weighted by Crippen LogP contribution is 2.16. The van der Waals surface area contributed by atoms with Gasteiger partial charge in [-0.3, -0.25) is 14.8 Å². The molecular formula is C26H34F3N3O4. The number of carbonyl (C=O) groups excluding carboxylic acids is 2. The van der Waals surface area contributed by atoms with Crippen molar-refractivity contribution in [1.82, 2.24) is 16.1 Å². The minimum absolute atomic E-state index is 0.144. The summed E-state index contributed by atoms with van der Waals surface area (Å²) in [5, 5.41) is 14.0. The first-order chi connectivity index (χ1) is 16.8. The maximum atomic E-state index is 12.7. The van der Waals surface area contributed by atoms with Crippen LogP contribution >= 0.6 is 0 Å². The summed E-state index contributed by atoms with van der Waals surface area (Å²) in [7, 11) is 0. The van der Waals surface area contributed by atoms with E-state index in [9.17, 15) is 22.8 Å². The zero-order valence-electron chi connectivity index (χ0n) is 20.9. The Bertz CT molecular complexity index is 987. The van der Waals surface area contributed by atoms with Crippen LogP contribution in [0.4, 0.5) is 13.2 Å². The third-order valence-electron chi connectivity index (χ3n) is 5.28. The fourth-order valence-electron chi connectivity index (χ4n) is 3.60. The lowest BCUT2D eigenvalue weighted by molar-refractivity contribution is -0.138. The fourth-order valence-corrected chi connectivity index (χ4v) is 3.60. The minimum Gasteiger partial charge on any atom is -0.370 e. The molecule has 2 rings (SSSR count). The molecule has 0 aliphatic rings. The van der Waals surface area contributed by atoms with E-state index in [1.165, 1.54) is 0 Å². The smallest absolute Gasteiger partial charge is 0.370 e. The molecule has 0 aliphatic heterocycles. The highest BCUT2D eigenvalue weighted by molar-refractivity contribution is 5.97. The van der Waals surface area contributed by atoms with Gasteiger partial charge in [0.05, 0.1) is 18.2 Å². The second kappa shape index (κ2) is 12.8. The number of ether oxygens (including phenoxy) is 1. The molecule has 0 unspecified atom stereocenters. The molecule has 36 heavy (non-hydrogen) atoms. The molecule has 2 atom stereocenters. The molecule has 0 radical (unpaired) electrons. The monoisotopic (exact) mass is 509 g/mol. The summed E-state index contributed by atoms with van der Waals surface area (Å²) in [6.45, 7) is 6.22. The van der Waals surface area contributed by atoms with Gasteiger partial charge in [0, 0.05) is 12.1 Å². The van der Waals surface area contributed by atoms with Gasteiger partial charge in [-0.25, -0.2) is 5.48 Å². The van der Waals surface area contributed by atoms with Gasteiger partial charge in [-0.15, -0.1) is 0 Å². The molecular weight excluding hydrogens is 475 g/mol. The van der Waals surface area contributed by atoms with Crippen molar-refractivity contribution >= 4 is 11.8 Å². The van der Waals surface area contributed by atoms with Crippen LogP contribution in [0.25, 0.3) is 0 Å². The topological polar surface area (TPSA) is 99.7 Å². The largest absolute Gasteiger partial charge is 0.401 e. The number of hydrogen-bond acceptors (Lipinski definition) is 5. The van der Waals surface area contributed by atoms with Crippen molar-refractivity contribution in [2.45, 2.75) is 71.0 Å². The molecule has 0 aromatic heterocycles. The van der Waals surface area contributed by atoms with Crippen LogP contribution in [0.15, 0.2) is 48.5 Å². The second-order valence-corrected chi connectivity index (χ2v) is 9.59. The van der Waals surface area contributed by atoms with Crippen molar-refractivity contribution in [3.8, 4) is 0 Å². The SMILES string of the molecule is C[C@@H](OC(C)(C)C)[C@H](NC(=O)c1ccc(CCc2ccc(CNCC(F)(F)F)cc2)cc1)C(=O)NO. The predicted octanol–water partition coefficient (Wildman–Crippen LogP) is 3.93. The van der Waals surface area contributed by atoms with Crippen molar-refractivity contribution in [3.63, 3.8) is 0 Å². The molecule has 2 amide bonds. The summed E-state index contributed by atoms with van der Waals surface area (Å²) in [6.07, 6.45) is -3.49. The standard InChI is InChI=1S/C26H34F3N3O4/c1-17(36-25(2,3)4)22(24(34)32-35)31-23(33)21-13-11-19(12-14-21)6-5-18-7-9-20(10-8-18)15-30-16-26(27,28)29/h7-14,17,22,30,35H,5-6,15-16H2,1-4H3,(H,31,33)(H,32,34)/t17-,22+/m1/s1. The van der Waals surface area contributed by atoms with E-state index >= 15 is 0 Å². The number of rotatable bonds is 11. The number of alkyl halides is 3. The van der Waals surface area contributed by atoms with Crippen LogP contribution in [0.2, 0.25) is 0 Å². The van der Waals surface area contributed by atoms with Gasteiger partial charge < -0.3 is 15.4 Å². The van der Waals surface area contributed by atoms with Crippen molar-refractivity contribution in [2.75, 3.05) is 6.54 Å². The Balaban J connectivity index is 1.91. The Morgan fingerprint density at radius 1 is 0.917 bits per heavy atom. The predicted molar refractivity (Wildman–Crippen MR) is 130 cm³/mol. The summed E-state index contributed by atoms with van der Waals surface area (Å²) in [5.74, 6) is -1.26. The average Bonchev–Trinajstić information content (AvgIpc) is 2.79. The first kappa shape index (κ1) is 29.3. The normalized spacial score (nSPS) is 13.7. The number of nitrogens with one attached hydrogen (secondary N) is 3. The maximum absolute atomic E-state index is 12.7. The van der Waals surface area contributed by atoms with E-state index < -0.39 is 42.3 Å². The zero-order chi connectivity index (χ0) is 26.9. The van der Waals surface area contributed by atoms with Gasteiger partial charge >= 0.3 is 6.18 Å². The summed E-state index contributed by atoms with van der Waals surface area (Å²) in [4.78, 5) is 24.8. The van der Waals surface area contributed by atoms with E-state index in [0.717, 1.165) is 23.1 Å². The molecule has 0 saturated carbocycles. The molecule has 10 heteroatoms. The molecule has 7 nitrogen and oxygen atoms in total. The van der Waals surface area contributed by atoms with Crippen LogP contribution in [-0.4, -0.2) is 47.5 Å². The lowest BCUT2D eigenvalue weighted by atomic mass is 10.0. The molecule has 0 bridgehead atoms. The number of benzene rings is 2. The van der Waals surface area contributed by atoms with Crippen LogP contribution in [0, 0.1) is 0 Å². The van der Waals surface area contributed by atoms with Gasteiger partial charge in [0.1, 0.15) is 6.04 Å². The molecule has 0 saturated heterocycles. The first-order valence-electron chi connectivity index (χ1n) is 11.6. The second-order valence-electron chi connectivity index (χ2n) is 9.59. The number of hydroxylamine groups is 1. The van der Waals surface area contributed by atoms with Gasteiger partial charge in [0.25, 0.3) is 11.8 Å². The highest BCUT2D eigenvalue weighted by atomic mass is 19.4. The number of halogens is 3. The lowest BCUT2D eigenvalue weighted by Crippen LogP contribution is -2.53. The van der Waals surface area contributed by atoms with Gasteiger partial charge in [-0.1, -0.05) is 36.4 Å². The molecule has 2 aromatic rings. The van der Waals surface area contributed by atoms with E-state index in [2.05, 4.69) is 10.6 Å². The Labute approximate surface area is 209 Å².